The molecule has 0 aromatic carbocycles. The smallest absolute Gasteiger partial charge is 0.265 e. The van der Waals surface area contributed by atoms with Gasteiger partial charge in [-0.15, -0.1) is 0 Å². The molecule has 2 N–H and O–H groups in total. The number of rotatable bonds is 3. The second-order valence-corrected chi connectivity index (χ2v) is 3.18. The summed E-state index contributed by atoms with van der Waals surface area (Å²) in [5.41, 5.74) is -0.222. The van der Waals surface area contributed by atoms with Gasteiger partial charge in [-0.05, 0) is 12.8 Å². The normalized spacial score (nSPS) is 11.9. The lowest BCUT2D eigenvalue weighted by Crippen LogP contribution is -2.28. The molecular weight excluding hydrogens is 168 g/mol. The fraction of sp³-hybridized carbons (Fsp3) is 0.556. The first kappa shape index (κ1) is 11.5. The highest BCUT2D eigenvalue weighted by molar-refractivity contribution is 5.97. The number of amides is 1. The number of allylic oxidation sites excluding steroid dienone is 1. The molecule has 0 heterocycles. The van der Waals surface area contributed by atoms with Crippen LogP contribution in [0.4, 0.5) is 0 Å². The summed E-state index contributed by atoms with van der Waals surface area (Å²) in [5.74, 6) is -0.442. The quantitative estimate of drug-likeness (QED) is 0.390. The van der Waals surface area contributed by atoms with E-state index in [1.807, 2.05) is 13.8 Å². The molecule has 0 spiro atoms. The largest absolute Gasteiger partial charge is 0.511 e. The van der Waals surface area contributed by atoms with Gasteiger partial charge in [0.1, 0.15) is 11.8 Å². The van der Waals surface area contributed by atoms with Gasteiger partial charge in [-0.1, -0.05) is 13.8 Å². The number of nitriles is 1. The third-order valence-corrected chi connectivity index (χ3v) is 1.37. The number of hydrogen-bond donors (Lipinski definition) is 2. The Kier molecular flexibility index (Phi) is 4.60. The summed E-state index contributed by atoms with van der Waals surface area (Å²) in [4.78, 5) is 11.2. The van der Waals surface area contributed by atoms with E-state index in [-0.39, 0.29) is 11.3 Å². The van der Waals surface area contributed by atoms with E-state index >= 15 is 0 Å². The molecule has 0 bridgehead atoms. The minimum absolute atomic E-state index is 0.222. The maximum absolute atomic E-state index is 11.2. The van der Waals surface area contributed by atoms with Crippen molar-refractivity contribution in [3.63, 3.8) is 0 Å². The number of nitrogens with zero attached hydrogens (tertiary/aromatic N) is 1. The van der Waals surface area contributed by atoms with Crippen molar-refractivity contribution in [3.05, 3.63) is 11.3 Å². The van der Waals surface area contributed by atoms with E-state index in [4.69, 9.17) is 10.4 Å². The van der Waals surface area contributed by atoms with Gasteiger partial charge < -0.3 is 10.4 Å². The average Bonchev–Trinajstić information content (AvgIpc) is 2.01. The van der Waals surface area contributed by atoms with Crippen LogP contribution in [0.5, 0.6) is 0 Å². The number of carbonyl (C=O) groups excluding carboxylic acids is 1. The molecule has 0 fully saturated rings. The van der Waals surface area contributed by atoms with Gasteiger partial charge in [-0.2, -0.15) is 5.26 Å². The zero-order valence-electron chi connectivity index (χ0n) is 8.09. The molecule has 0 aromatic rings. The van der Waals surface area contributed by atoms with Crippen molar-refractivity contribution in [1.29, 1.82) is 5.26 Å². The molecule has 0 rings (SSSR count). The van der Waals surface area contributed by atoms with E-state index in [0.717, 1.165) is 0 Å². The molecule has 1 amide bonds. The van der Waals surface area contributed by atoms with E-state index < -0.39 is 5.91 Å². The summed E-state index contributed by atoms with van der Waals surface area (Å²) in [5, 5.41) is 20.0. The Morgan fingerprint density at radius 3 is 2.46 bits per heavy atom. The van der Waals surface area contributed by atoms with Crippen LogP contribution in [-0.2, 0) is 4.79 Å². The molecule has 0 aliphatic heterocycles. The van der Waals surface area contributed by atoms with Gasteiger partial charge >= 0.3 is 0 Å². The Morgan fingerprint density at radius 2 is 2.15 bits per heavy atom. The Morgan fingerprint density at radius 1 is 1.62 bits per heavy atom. The molecule has 0 unspecified atom stereocenters. The first-order valence-corrected chi connectivity index (χ1v) is 4.07. The van der Waals surface area contributed by atoms with Crippen molar-refractivity contribution in [1.82, 2.24) is 5.32 Å². The van der Waals surface area contributed by atoms with Gasteiger partial charge in [0, 0.05) is 6.54 Å². The number of nitrogens with one attached hydrogen (secondary N) is 1. The molecule has 0 atom stereocenters. The van der Waals surface area contributed by atoms with Gasteiger partial charge in [0.2, 0.25) is 0 Å². The number of aliphatic hydroxyl groups is 1. The Bertz CT molecular complexity index is 257. The maximum atomic E-state index is 11.2. The average molecular weight is 182 g/mol. The molecule has 0 aliphatic carbocycles. The summed E-state index contributed by atoms with van der Waals surface area (Å²) in [7, 11) is 0. The lowest BCUT2D eigenvalue weighted by molar-refractivity contribution is -0.117. The molecule has 0 aliphatic rings. The Hall–Kier alpha value is -1.50. The Labute approximate surface area is 77.9 Å². The predicted octanol–water partition coefficient (Wildman–Crippen LogP) is 1.11. The van der Waals surface area contributed by atoms with Crippen molar-refractivity contribution < 1.29 is 9.90 Å². The van der Waals surface area contributed by atoms with Crippen LogP contribution in [0.2, 0.25) is 0 Å². The second kappa shape index (κ2) is 5.20. The summed E-state index contributed by atoms with van der Waals surface area (Å²) >= 11 is 0. The third-order valence-electron chi connectivity index (χ3n) is 1.37. The fourth-order valence-electron chi connectivity index (χ4n) is 0.681. The second-order valence-electron chi connectivity index (χ2n) is 3.18. The summed E-state index contributed by atoms with van der Waals surface area (Å²) in [6, 6.07) is 1.64. The molecule has 0 saturated carbocycles. The number of aliphatic hydroxyl groups excluding tert-OH is 1. The zero-order valence-corrected chi connectivity index (χ0v) is 8.09. The number of hydrogen-bond acceptors (Lipinski definition) is 3. The van der Waals surface area contributed by atoms with Crippen molar-refractivity contribution >= 4 is 5.91 Å². The Balaban J connectivity index is 4.28. The van der Waals surface area contributed by atoms with Gasteiger partial charge in [0.05, 0.1) is 0 Å². The van der Waals surface area contributed by atoms with Crippen LogP contribution in [0.25, 0.3) is 0 Å². The van der Waals surface area contributed by atoms with Crippen LogP contribution in [0.1, 0.15) is 20.8 Å². The maximum Gasteiger partial charge on any atom is 0.265 e. The lowest BCUT2D eigenvalue weighted by Gasteiger charge is -2.06. The molecular formula is C9H14N2O2. The van der Waals surface area contributed by atoms with Crippen molar-refractivity contribution in [2.75, 3.05) is 6.54 Å². The highest BCUT2D eigenvalue weighted by Gasteiger charge is 2.11. The van der Waals surface area contributed by atoms with Gasteiger partial charge in [-0.25, -0.2) is 0 Å². The van der Waals surface area contributed by atoms with E-state index in [2.05, 4.69) is 5.32 Å². The van der Waals surface area contributed by atoms with E-state index in [0.29, 0.717) is 12.5 Å². The highest BCUT2D eigenvalue weighted by atomic mass is 16.3. The topological polar surface area (TPSA) is 73.1 Å². The minimum Gasteiger partial charge on any atom is -0.511 e. The van der Waals surface area contributed by atoms with E-state index in [1.165, 1.54) is 6.92 Å². The van der Waals surface area contributed by atoms with Gasteiger partial charge in [0.15, 0.2) is 5.57 Å². The standard InChI is InChI=1S/C9H14N2O2/c1-6(2)5-11-9(13)8(4-10)7(3)12/h6,12H,5H2,1-3H3,(H,11,13)/b8-7-. The summed E-state index contributed by atoms with van der Waals surface area (Å²) in [6.45, 7) is 5.70. The molecule has 4 heteroatoms. The first-order chi connectivity index (χ1) is 5.99. The van der Waals surface area contributed by atoms with Crippen LogP contribution in [-0.4, -0.2) is 17.6 Å². The zero-order chi connectivity index (χ0) is 10.4. The minimum atomic E-state index is -0.517. The molecule has 72 valence electrons. The monoisotopic (exact) mass is 182 g/mol. The predicted molar refractivity (Wildman–Crippen MR) is 48.8 cm³/mol. The third kappa shape index (κ3) is 4.16. The molecule has 0 radical (unpaired) electrons. The van der Waals surface area contributed by atoms with E-state index in [9.17, 15) is 4.79 Å². The van der Waals surface area contributed by atoms with Gasteiger partial charge in [-0.3, -0.25) is 4.79 Å². The SMILES string of the molecule is C/C(O)=C(\C#N)C(=O)NCC(C)C. The van der Waals surface area contributed by atoms with Crippen molar-refractivity contribution in [2.24, 2.45) is 5.92 Å². The van der Waals surface area contributed by atoms with Crippen LogP contribution in [0, 0.1) is 17.2 Å². The van der Waals surface area contributed by atoms with Crippen LogP contribution in [0.3, 0.4) is 0 Å². The summed E-state index contributed by atoms with van der Waals surface area (Å²) < 4.78 is 0. The van der Waals surface area contributed by atoms with Crippen molar-refractivity contribution in [2.45, 2.75) is 20.8 Å². The molecule has 0 saturated heterocycles. The molecule has 13 heavy (non-hydrogen) atoms. The molecule has 0 aromatic heterocycles. The van der Waals surface area contributed by atoms with Crippen LogP contribution in [0.15, 0.2) is 11.3 Å². The molecule has 4 nitrogen and oxygen atoms in total. The fourth-order valence-corrected chi connectivity index (χ4v) is 0.681. The van der Waals surface area contributed by atoms with Crippen molar-refractivity contribution in [3.8, 4) is 6.07 Å². The lowest BCUT2D eigenvalue weighted by atomic mass is 10.2. The number of carbonyl (C=O) groups is 1. The first-order valence-electron chi connectivity index (χ1n) is 4.07. The van der Waals surface area contributed by atoms with Gasteiger partial charge in [0.25, 0.3) is 5.91 Å². The van der Waals surface area contributed by atoms with Crippen LogP contribution < -0.4 is 5.32 Å². The summed E-state index contributed by atoms with van der Waals surface area (Å²) in [6.07, 6.45) is 0. The van der Waals surface area contributed by atoms with E-state index in [1.54, 1.807) is 6.07 Å². The highest BCUT2D eigenvalue weighted by Crippen LogP contribution is 1.99. The van der Waals surface area contributed by atoms with Crippen LogP contribution >= 0.6 is 0 Å².